The first kappa shape index (κ1) is 26.7. The molecular formula is C30H32N4O4S. The van der Waals surface area contributed by atoms with Gasteiger partial charge in [-0.1, -0.05) is 45.0 Å². The van der Waals surface area contributed by atoms with Crippen molar-refractivity contribution in [2.75, 3.05) is 13.1 Å². The number of nitrogens with zero attached hydrogens (tertiary/aromatic N) is 3. The number of hydrogen-bond acceptors (Lipinski definition) is 6. The number of amides is 3. The van der Waals surface area contributed by atoms with E-state index in [1.165, 1.54) is 16.2 Å². The van der Waals surface area contributed by atoms with Gasteiger partial charge in [-0.2, -0.15) is 0 Å². The van der Waals surface area contributed by atoms with Gasteiger partial charge in [0.1, 0.15) is 17.8 Å². The Kier molecular flexibility index (Phi) is 7.36. The Morgan fingerprint density at radius 3 is 2.46 bits per heavy atom. The van der Waals surface area contributed by atoms with Gasteiger partial charge in [0, 0.05) is 29.6 Å². The topological polar surface area (TPSA) is 99.7 Å². The van der Waals surface area contributed by atoms with Crippen LogP contribution in [-0.4, -0.2) is 69.5 Å². The molecule has 0 bridgehead atoms. The predicted molar refractivity (Wildman–Crippen MR) is 149 cm³/mol. The van der Waals surface area contributed by atoms with Gasteiger partial charge < -0.3 is 15.1 Å². The quantitative estimate of drug-likeness (QED) is 0.512. The Morgan fingerprint density at radius 1 is 1.05 bits per heavy atom. The van der Waals surface area contributed by atoms with Gasteiger partial charge in [0.2, 0.25) is 5.91 Å². The smallest absolute Gasteiger partial charge is 0.273 e. The summed E-state index contributed by atoms with van der Waals surface area (Å²) in [7, 11) is 0. The van der Waals surface area contributed by atoms with E-state index in [4.69, 9.17) is 0 Å². The molecule has 3 aromatic rings. The summed E-state index contributed by atoms with van der Waals surface area (Å²) >= 11 is 1.51. The van der Waals surface area contributed by atoms with Crippen LogP contribution < -0.4 is 5.32 Å². The number of Topliss-reactive ketones (excluding diaryl/α,β-unsaturated/α-hetero) is 1. The fourth-order valence-corrected chi connectivity index (χ4v) is 6.12. The molecule has 0 aliphatic carbocycles. The molecule has 0 spiro atoms. The Morgan fingerprint density at radius 2 is 1.82 bits per heavy atom. The predicted octanol–water partition coefficient (Wildman–Crippen LogP) is 3.48. The molecule has 3 unspecified atom stereocenters. The molecule has 5 rings (SSSR count). The lowest BCUT2D eigenvalue weighted by Gasteiger charge is -2.28. The molecule has 2 saturated heterocycles. The maximum absolute atomic E-state index is 13.9. The first-order chi connectivity index (χ1) is 18.6. The highest BCUT2D eigenvalue weighted by Gasteiger charge is 2.52. The zero-order chi connectivity index (χ0) is 27.7. The van der Waals surface area contributed by atoms with Crippen LogP contribution in [-0.2, 0) is 21.4 Å². The Labute approximate surface area is 232 Å². The van der Waals surface area contributed by atoms with Crippen LogP contribution in [0.4, 0.5) is 0 Å². The number of aromatic nitrogens is 1. The third kappa shape index (κ3) is 5.49. The molecule has 4 heterocycles. The number of pyridine rings is 1. The minimum absolute atomic E-state index is 0.0430. The molecular weight excluding hydrogens is 512 g/mol. The number of thiophene rings is 1. The number of benzene rings is 1. The molecule has 0 radical (unpaired) electrons. The van der Waals surface area contributed by atoms with Crippen molar-refractivity contribution in [3.05, 3.63) is 87.9 Å². The first-order valence-electron chi connectivity index (χ1n) is 13.1. The number of carbonyl (C=O) groups is 4. The third-order valence-corrected chi connectivity index (χ3v) is 8.35. The lowest BCUT2D eigenvalue weighted by atomic mass is 9.86. The Bertz CT molecular complexity index is 1370. The largest absolute Gasteiger partial charge is 0.340 e. The van der Waals surface area contributed by atoms with E-state index in [1.54, 1.807) is 41.4 Å². The maximum atomic E-state index is 13.9. The minimum Gasteiger partial charge on any atom is -0.340 e. The van der Waals surface area contributed by atoms with Crippen LogP contribution >= 0.6 is 11.3 Å². The Balaban J connectivity index is 1.35. The van der Waals surface area contributed by atoms with Crippen LogP contribution in [0.15, 0.2) is 66.2 Å². The van der Waals surface area contributed by atoms with E-state index in [1.807, 2.05) is 29.6 Å². The van der Waals surface area contributed by atoms with E-state index in [-0.39, 0.29) is 41.2 Å². The fraction of sp³-hybridized carbons (Fsp3) is 0.367. The van der Waals surface area contributed by atoms with Crippen molar-refractivity contribution in [3.8, 4) is 0 Å². The van der Waals surface area contributed by atoms with E-state index in [2.05, 4.69) is 31.1 Å². The average molecular weight is 545 g/mol. The molecule has 1 aromatic carbocycles. The lowest BCUT2D eigenvalue weighted by molar-refractivity contribution is -0.138. The van der Waals surface area contributed by atoms with Gasteiger partial charge >= 0.3 is 0 Å². The Hall–Kier alpha value is -3.85. The molecule has 2 fully saturated rings. The van der Waals surface area contributed by atoms with Crippen molar-refractivity contribution in [2.24, 2.45) is 0 Å². The number of ketones is 1. The molecule has 39 heavy (non-hydrogen) atoms. The molecule has 2 aliphatic heterocycles. The van der Waals surface area contributed by atoms with Gasteiger partial charge in [-0.3, -0.25) is 24.2 Å². The monoisotopic (exact) mass is 544 g/mol. The van der Waals surface area contributed by atoms with Crippen LogP contribution in [0.1, 0.15) is 58.5 Å². The lowest BCUT2D eigenvalue weighted by Crippen LogP contribution is -2.53. The maximum Gasteiger partial charge on any atom is 0.273 e. The molecule has 8 nitrogen and oxygen atoms in total. The van der Waals surface area contributed by atoms with Gasteiger partial charge in [-0.05, 0) is 53.1 Å². The van der Waals surface area contributed by atoms with Gasteiger partial charge in [0.05, 0.1) is 12.6 Å². The zero-order valence-corrected chi connectivity index (χ0v) is 23.1. The molecule has 2 aromatic heterocycles. The summed E-state index contributed by atoms with van der Waals surface area (Å²) in [5.74, 6) is -1.14. The molecule has 0 saturated carbocycles. The second-order valence-electron chi connectivity index (χ2n) is 11.1. The highest BCUT2D eigenvalue weighted by atomic mass is 32.1. The summed E-state index contributed by atoms with van der Waals surface area (Å²) in [5, 5.41) is 4.86. The molecule has 3 atom stereocenters. The number of hydrogen-bond donors (Lipinski definition) is 1. The first-order valence-corrected chi connectivity index (χ1v) is 14.0. The SMILES string of the molecule is CC(C)(C)c1ccc(C(=O)NC(Cc2cccs2)C(=O)N2CCC3C2C(=O)CN3C(=O)c2ccccn2)cc1. The van der Waals surface area contributed by atoms with Crippen LogP contribution in [0, 0.1) is 0 Å². The number of carbonyl (C=O) groups excluding carboxylic acids is 4. The van der Waals surface area contributed by atoms with E-state index in [9.17, 15) is 19.2 Å². The number of likely N-dealkylation sites (tertiary alicyclic amines) is 2. The summed E-state index contributed by atoms with van der Waals surface area (Å²) in [6.07, 6.45) is 2.36. The minimum atomic E-state index is -0.842. The highest BCUT2D eigenvalue weighted by molar-refractivity contribution is 7.09. The summed E-state index contributed by atoms with van der Waals surface area (Å²) in [6.45, 7) is 6.60. The fourth-order valence-electron chi connectivity index (χ4n) is 5.37. The van der Waals surface area contributed by atoms with E-state index in [0.717, 1.165) is 10.4 Å². The third-order valence-electron chi connectivity index (χ3n) is 7.45. The van der Waals surface area contributed by atoms with Crippen molar-refractivity contribution >= 4 is 34.8 Å². The molecule has 202 valence electrons. The standard InChI is InChI=1S/C30H32N4O4S/c1-30(2,3)20-11-9-19(10-12-20)27(36)32-23(17-21-7-6-16-39-21)29(38)33-15-13-24-26(33)25(35)18-34(24)28(37)22-8-4-5-14-31-22/h4-12,14,16,23-24,26H,13,15,17-18H2,1-3H3,(H,32,36). The van der Waals surface area contributed by atoms with Crippen molar-refractivity contribution in [3.63, 3.8) is 0 Å². The average Bonchev–Trinajstić information content (AvgIpc) is 3.67. The van der Waals surface area contributed by atoms with Gasteiger partial charge in [0.25, 0.3) is 11.8 Å². The van der Waals surface area contributed by atoms with Gasteiger partial charge in [0.15, 0.2) is 5.78 Å². The highest BCUT2D eigenvalue weighted by Crippen LogP contribution is 2.31. The number of nitrogens with one attached hydrogen (secondary N) is 1. The van der Waals surface area contributed by atoms with E-state index in [0.29, 0.717) is 24.9 Å². The van der Waals surface area contributed by atoms with Crippen LogP contribution in [0.3, 0.4) is 0 Å². The molecule has 3 amide bonds. The van der Waals surface area contributed by atoms with Gasteiger partial charge in [-0.25, -0.2) is 0 Å². The number of fused-ring (bicyclic) bond motifs is 1. The summed E-state index contributed by atoms with van der Waals surface area (Å²) < 4.78 is 0. The molecule has 1 N–H and O–H groups in total. The van der Waals surface area contributed by atoms with Crippen molar-refractivity contribution in [1.82, 2.24) is 20.1 Å². The van der Waals surface area contributed by atoms with E-state index >= 15 is 0 Å². The van der Waals surface area contributed by atoms with Crippen LogP contribution in [0.25, 0.3) is 0 Å². The summed E-state index contributed by atoms with van der Waals surface area (Å²) in [6, 6.07) is 14.4. The normalized spacial score (nSPS) is 19.6. The summed E-state index contributed by atoms with van der Waals surface area (Å²) in [4.78, 5) is 61.6. The van der Waals surface area contributed by atoms with Crippen LogP contribution in [0.2, 0.25) is 0 Å². The van der Waals surface area contributed by atoms with Crippen molar-refractivity contribution in [2.45, 2.75) is 57.2 Å². The van der Waals surface area contributed by atoms with E-state index < -0.39 is 18.1 Å². The van der Waals surface area contributed by atoms with Gasteiger partial charge in [-0.15, -0.1) is 11.3 Å². The van der Waals surface area contributed by atoms with Crippen LogP contribution in [0.5, 0.6) is 0 Å². The second-order valence-corrected chi connectivity index (χ2v) is 12.1. The van der Waals surface area contributed by atoms with Crippen molar-refractivity contribution in [1.29, 1.82) is 0 Å². The summed E-state index contributed by atoms with van der Waals surface area (Å²) in [5.41, 5.74) is 1.81. The molecule has 2 aliphatic rings. The zero-order valence-electron chi connectivity index (χ0n) is 22.3. The second kappa shape index (κ2) is 10.7. The number of rotatable bonds is 6. The molecule has 9 heteroatoms. The van der Waals surface area contributed by atoms with Crippen molar-refractivity contribution < 1.29 is 19.2 Å².